The molecule has 2 aromatic carbocycles. The van der Waals surface area contributed by atoms with E-state index in [-0.39, 0.29) is 10.5 Å². The van der Waals surface area contributed by atoms with Gasteiger partial charge in [-0.2, -0.15) is 13.2 Å². The molecule has 0 radical (unpaired) electrons. The summed E-state index contributed by atoms with van der Waals surface area (Å²) in [7, 11) is 0. The normalized spacial score (nSPS) is 11.2. The summed E-state index contributed by atoms with van der Waals surface area (Å²) in [5, 5.41) is 24.7. The summed E-state index contributed by atoms with van der Waals surface area (Å²) in [5.74, 6) is -1.83. The molecule has 0 atom stereocenters. The number of anilines is 1. The second-order valence-electron chi connectivity index (χ2n) is 5.66. The maximum Gasteiger partial charge on any atom is 0.471 e. The van der Waals surface area contributed by atoms with Crippen LogP contribution in [0.15, 0.2) is 41.3 Å². The van der Waals surface area contributed by atoms with Crippen LogP contribution >= 0.6 is 11.8 Å². The second kappa shape index (κ2) is 8.90. The Balaban J connectivity index is 2.83. The van der Waals surface area contributed by atoms with E-state index in [4.69, 9.17) is 0 Å². The Bertz CT molecular complexity index is 966. The number of halogens is 3. The van der Waals surface area contributed by atoms with Crippen molar-refractivity contribution in [1.82, 2.24) is 0 Å². The van der Waals surface area contributed by atoms with Crippen LogP contribution in [0.5, 0.6) is 0 Å². The van der Waals surface area contributed by atoms with Crippen LogP contribution in [0.2, 0.25) is 0 Å². The monoisotopic (exact) mass is 429 g/mol. The van der Waals surface area contributed by atoms with Gasteiger partial charge in [0.2, 0.25) is 0 Å². The Morgan fingerprint density at radius 3 is 2.10 bits per heavy atom. The van der Waals surface area contributed by atoms with E-state index < -0.39 is 44.6 Å². The van der Waals surface area contributed by atoms with Crippen molar-refractivity contribution >= 4 is 34.7 Å². The number of hydrogen-bond acceptors (Lipinski definition) is 6. The number of thioether (sulfide) groups is 1. The molecular formula is C17H14F3N3O5S. The number of carbonyl (C=O) groups excluding carboxylic acids is 1. The Hall–Kier alpha value is -3.15. The molecule has 154 valence electrons. The lowest BCUT2D eigenvalue weighted by atomic mass is 9.99. The fourth-order valence-electron chi connectivity index (χ4n) is 2.51. The van der Waals surface area contributed by atoms with Gasteiger partial charge in [0.25, 0.3) is 11.4 Å². The minimum absolute atomic E-state index is 0.222. The average molecular weight is 429 g/mol. The number of amides is 1. The van der Waals surface area contributed by atoms with Gasteiger partial charge in [0, 0.05) is 17.0 Å². The van der Waals surface area contributed by atoms with E-state index in [1.54, 1.807) is 5.32 Å². The fraction of sp³-hybridized carbons (Fsp3) is 0.235. The maximum atomic E-state index is 12.7. The van der Waals surface area contributed by atoms with Crippen molar-refractivity contribution < 1.29 is 27.8 Å². The van der Waals surface area contributed by atoms with Gasteiger partial charge in [-0.05, 0) is 24.3 Å². The van der Waals surface area contributed by atoms with Crippen molar-refractivity contribution in [3.05, 3.63) is 56.6 Å². The molecule has 12 heteroatoms. The van der Waals surface area contributed by atoms with Crippen LogP contribution in [-0.4, -0.2) is 27.7 Å². The third-order valence-electron chi connectivity index (χ3n) is 3.66. The molecule has 8 nitrogen and oxygen atoms in total. The van der Waals surface area contributed by atoms with E-state index in [0.29, 0.717) is 12.2 Å². The molecule has 0 spiro atoms. The van der Waals surface area contributed by atoms with E-state index >= 15 is 0 Å². The number of nitrogens with one attached hydrogen (secondary N) is 1. The molecule has 1 amide bonds. The Kier molecular flexibility index (Phi) is 6.80. The SMILES string of the molecule is CCCSc1cccc([N+](=O)[O-])c1-c1c(NC(=O)C(F)(F)F)cccc1[N+](=O)[O-]. The summed E-state index contributed by atoms with van der Waals surface area (Å²) in [6.07, 6.45) is -4.56. The zero-order valence-electron chi connectivity index (χ0n) is 14.9. The smallest absolute Gasteiger partial charge is 0.317 e. The van der Waals surface area contributed by atoms with Crippen molar-refractivity contribution in [2.24, 2.45) is 0 Å². The number of nitro benzene ring substituents is 2. The maximum absolute atomic E-state index is 12.7. The Morgan fingerprint density at radius 1 is 1.03 bits per heavy atom. The van der Waals surface area contributed by atoms with Gasteiger partial charge in [0.05, 0.1) is 26.7 Å². The molecular weight excluding hydrogens is 415 g/mol. The zero-order chi connectivity index (χ0) is 21.8. The molecule has 29 heavy (non-hydrogen) atoms. The van der Waals surface area contributed by atoms with E-state index in [9.17, 15) is 38.2 Å². The van der Waals surface area contributed by atoms with Gasteiger partial charge in [0.1, 0.15) is 0 Å². The summed E-state index contributed by atoms with van der Waals surface area (Å²) < 4.78 is 38.2. The summed E-state index contributed by atoms with van der Waals surface area (Å²) in [6, 6.07) is 7.07. The first-order chi connectivity index (χ1) is 13.6. The molecule has 1 N–H and O–H groups in total. The van der Waals surface area contributed by atoms with Crippen LogP contribution in [0.4, 0.5) is 30.2 Å². The van der Waals surface area contributed by atoms with Crippen LogP contribution in [0, 0.1) is 20.2 Å². The lowest BCUT2D eigenvalue weighted by Crippen LogP contribution is -2.30. The van der Waals surface area contributed by atoms with Crippen molar-refractivity contribution in [2.45, 2.75) is 24.4 Å². The second-order valence-corrected chi connectivity index (χ2v) is 6.80. The minimum Gasteiger partial charge on any atom is -0.317 e. The highest BCUT2D eigenvalue weighted by Gasteiger charge is 2.40. The number of alkyl halides is 3. The lowest BCUT2D eigenvalue weighted by Gasteiger charge is -2.15. The van der Waals surface area contributed by atoms with Crippen LogP contribution in [0.25, 0.3) is 11.1 Å². The molecule has 0 bridgehead atoms. The first-order valence-electron chi connectivity index (χ1n) is 8.14. The third-order valence-corrected chi connectivity index (χ3v) is 4.92. The van der Waals surface area contributed by atoms with Crippen molar-refractivity contribution in [2.75, 3.05) is 11.1 Å². The number of benzene rings is 2. The van der Waals surface area contributed by atoms with Crippen LogP contribution in [-0.2, 0) is 4.79 Å². The average Bonchev–Trinajstić information content (AvgIpc) is 2.65. The Morgan fingerprint density at radius 2 is 1.59 bits per heavy atom. The highest BCUT2D eigenvalue weighted by Crippen LogP contribution is 2.46. The predicted molar refractivity (Wildman–Crippen MR) is 101 cm³/mol. The zero-order valence-corrected chi connectivity index (χ0v) is 15.7. The first kappa shape index (κ1) is 22.1. The summed E-state index contributed by atoms with van der Waals surface area (Å²) >= 11 is 1.17. The number of rotatable bonds is 7. The highest BCUT2D eigenvalue weighted by atomic mass is 32.2. The third kappa shape index (κ3) is 5.02. The standard InChI is InChI=1S/C17H14F3N3O5S/c1-2-9-29-13-8-4-7-12(23(27)28)15(13)14-10(21-16(24)17(18,19)20)5-3-6-11(14)22(25)26/h3-8H,2,9H2,1H3,(H,21,24). The van der Waals surface area contributed by atoms with Crippen LogP contribution in [0.1, 0.15) is 13.3 Å². The number of nitro groups is 2. The number of carbonyl (C=O) groups is 1. The number of hydrogen-bond donors (Lipinski definition) is 1. The topological polar surface area (TPSA) is 115 Å². The molecule has 0 aliphatic carbocycles. The van der Waals surface area contributed by atoms with Crippen LogP contribution < -0.4 is 5.32 Å². The van der Waals surface area contributed by atoms with Gasteiger partial charge in [0.15, 0.2) is 0 Å². The highest BCUT2D eigenvalue weighted by molar-refractivity contribution is 7.99. The van der Waals surface area contributed by atoms with Gasteiger partial charge in [-0.1, -0.05) is 19.1 Å². The molecule has 0 aromatic heterocycles. The minimum atomic E-state index is -5.25. The van der Waals surface area contributed by atoms with E-state index in [2.05, 4.69) is 0 Å². The van der Waals surface area contributed by atoms with Gasteiger partial charge < -0.3 is 5.32 Å². The van der Waals surface area contributed by atoms with Gasteiger partial charge in [-0.3, -0.25) is 25.0 Å². The van der Waals surface area contributed by atoms with E-state index in [1.165, 1.54) is 23.9 Å². The molecule has 0 heterocycles. The first-order valence-corrected chi connectivity index (χ1v) is 9.12. The van der Waals surface area contributed by atoms with E-state index in [1.807, 2.05) is 6.92 Å². The summed E-state index contributed by atoms with van der Waals surface area (Å²) in [4.78, 5) is 33.1. The van der Waals surface area contributed by atoms with Gasteiger partial charge >= 0.3 is 12.1 Å². The van der Waals surface area contributed by atoms with Gasteiger partial charge in [-0.15, -0.1) is 11.8 Å². The quantitative estimate of drug-likeness (QED) is 0.369. The molecule has 2 aromatic rings. The Labute approximate surface area is 166 Å². The molecule has 0 saturated carbocycles. The summed E-state index contributed by atoms with van der Waals surface area (Å²) in [6.45, 7) is 1.85. The molecule has 0 aliphatic heterocycles. The number of nitrogens with zero attached hydrogens (tertiary/aromatic N) is 2. The van der Waals surface area contributed by atoms with Crippen LogP contribution in [0.3, 0.4) is 0 Å². The largest absolute Gasteiger partial charge is 0.471 e. The summed E-state index contributed by atoms with van der Waals surface area (Å²) in [5.41, 5.74) is -2.42. The fourth-order valence-corrected chi connectivity index (χ4v) is 3.46. The van der Waals surface area contributed by atoms with Crippen molar-refractivity contribution in [3.63, 3.8) is 0 Å². The predicted octanol–water partition coefficient (Wildman–Crippen LogP) is 5.17. The van der Waals surface area contributed by atoms with Crippen molar-refractivity contribution in [3.8, 4) is 11.1 Å². The molecule has 0 unspecified atom stereocenters. The molecule has 0 aliphatic rings. The molecule has 0 fully saturated rings. The molecule has 2 rings (SSSR count). The van der Waals surface area contributed by atoms with Gasteiger partial charge in [-0.25, -0.2) is 0 Å². The molecule has 0 saturated heterocycles. The van der Waals surface area contributed by atoms with Crippen molar-refractivity contribution in [1.29, 1.82) is 0 Å². The lowest BCUT2D eigenvalue weighted by molar-refractivity contribution is -0.386. The van der Waals surface area contributed by atoms with E-state index in [0.717, 1.165) is 24.3 Å².